The van der Waals surface area contributed by atoms with Crippen molar-refractivity contribution in [3.05, 3.63) is 35.4 Å². The van der Waals surface area contributed by atoms with Crippen molar-refractivity contribution < 1.29 is 8.42 Å². The van der Waals surface area contributed by atoms with Gasteiger partial charge in [-0.3, -0.25) is 0 Å². The van der Waals surface area contributed by atoms with E-state index in [1.165, 1.54) is 11.1 Å². The molecule has 23 heavy (non-hydrogen) atoms. The fraction of sp³-hybridized carbons (Fsp3) is 0.667. The van der Waals surface area contributed by atoms with Crippen molar-refractivity contribution in [2.24, 2.45) is 5.92 Å². The Hall–Kier alpha value is -0.910. The Kier molecular flexibility index (Phi) is 5.87. The van der Waals surface area contributed by atoms with Crippen molar-refractivity contribution in [3.8, 4) is 0 Å². The molecule has 1 aromatic rings. The van der Waals surface area contributed by atoms with E-state index in [1.54, 1.807) is 4.31 Å². The molecule has 4 nitrogen and oxygen atoms in total. The summed E-state index contributed by atoms with van der Waals surface area (Å²) in [4.78, 5) is 0. The summed E-state index contributed by atoms with van der Waals surface area (Å²) < 4.78 is 28.1. The fourth-order valence-corrected chi connectivity index (χ4v) is 4.34. The van der Waals surface area contributed by atoms with E-state index < -0.39 is 10.2 Å². The molecule has 1 aromatic carbocycles. The minimum absolute atomic E-state index is 0.185. The highest BCUT2D eigenvalue weighted by Crippen LogP contribution is 2.26. The van der Waals surface area contributed by atoms with Gasteiger partial charge in [0.25, 0.3) is 10.2 Å². The molecule has 0 atom stereocenters. The molecule has 1 saturated heterocycles. The summed E-state index contributed by atoms with van der Waals surface area (Å²) in [5.41, 5.74) is 2.89. The lowest BCUT2D eigenvalue weighted by atomic mass is 9.85. The molecular weight excluding hydrogens is 308 g/mol. The molecule has 5 heteroatoms. The molecule has 1 heterocycles. The van der Waals surface area contributed by atoms with E-state index in [9.17, 15) is 8.42 Å². The van der Waals surface area contributed by atoms with Gasteiger partial charge in [-0.2, -0.15) is 12.7 Å². The molecular formula is C18H30N2O2S. The number of nitrogens with one attached hydrogen (secondary N) is 1. The number of piperidine rings is 1. The number of nitrogens with zero attached hydrogens (tertiary/aromatic N) is 1. The van der Waals surface area contributed by atoms with Gasteiger partial charge in [-0.25, -0.2) is 4.72 Å². The van der Waals surface area contributed by atoms with Crippen LogP contribution in [-0.2, 0) is 22.0 Å². The molecule has 0 saturated carbocycles. The molecule has 1 aliphatic rings. The lowest BCUT2D eigenvalue weighted by Crippen LogP contribution is -2.45. The van der Waals surface area contributed by atoms with Crippen LogP contribution in [-0.4, -0.2) is 32.4 Å². The molecule has 1 fully saturated rings. The second kappa shape index (κ2) is 7.32. The van der Waals surface area contributed by atoms with Crippen LogP contribution in [0.4, 0.5) is 0 Å². The molecule has 130 valence electrons. The van der Waals surface area contributed by atoms with Gasteiger partial charge in [0.2, 0.25) is 0 Å². The average molecular weight is 339 g/mol. The quantitative estimate of drug-likeness (QED) is 0.897. The second-order valence-corrected chi connectivity index (χ2v) is 9.25. The van der Waals surface area contributed by atoms with Crippen LogP contribution in [0.5, 0.6) is 0 Å². The van der Waals surface area contributed by atoms with Gasteiger partial charge in [0, 0.05) is 19.6 Å². The molecule has 2 rings (SSSR count). The highest BCUT2D eigenvalue weighted by molar-refractivity contribution is 7.87. The third-order valence-corrected chi connectivity index (χ3v) is 6.28. The summed E-state index contributed by atoms with van der Waals surface area (Å²) in [6, 6.07) is 8.89. The Morgan fingerprint density at radius 2 is 1.70 bits per heavy atom. The van der Waals surface area contributed by atoms with Crippen molar-refractivity contribution >= 4 is 10.2 Å². The Balaban J connectivity index is 1.89. The van der Waals surface area contributed by atoms with Gasteiger partial charge >= 0.3 is 0 Å². The molecule has 0 unspecified atom stereocenters. The van der Waals surface area contributed by atoms with Crippen LogP contribution < -0.4 is 4.72 Å². The average Bonchev–Trinajstić information content (AvgIpc) is 2.47. The highest BCUT2D eigenvalue weighted by Gasteiger charge is 2.27. The van der Waals surface area contributed by atoms with E-state index in [2.05, 4.69) is 49.8 Å². The molecule has 1 N–H and O–H groups in total. The molecule has 0 aliphatic carbocycles. The number of hydrogen-bond donors (Lipinski definition) is 1. The number of rotatable bonds is 5. The topological polar surface area (TPSA) is 49.4 Å². The standard InChI is InChI=1S/C18H30N2O2S/c1-5-19-23(21,22)20-12-10-16(11-13-20)14-15-6-8-17(9-7-15)18(2,3)4/h6-9,16,19H,5,10-14H2,1-4H3. The first-order valence-corrected chi connectivity index (χ1v) is 10.0. The Bertz CT molecular complexity index is 595. The molecule has 0 aromatic heterocycles. The SMILES string of the molecule is CCNS(=O)(=O)N1CCC(Cc2ccc(C(C)(C)C)cc2)CC1. The molecule has 0 radical (unpaired) electrons. The lowest BCUT2D eigenvalue weighted by molar-refractivity contribution is 0.270. The largest absolute Gasteiger partial charge is 0.279 e. The summed E-state index contributed by atoms with van der Waals surface area (Å²) >= 11 is 0. The summed E-state index contributed by atoms with van der Waals surface area (Å²) in [6.45, 7) is 10.2. The Morgan fingerprint density at radius 1 is 1.13 bits per heavy atom. The molecule has 0 bridgehead atoms. The van der Waals surface area contributed by atoms with Gasteiger partial charge in [0.1, 0.15) is 0 Å². The first kappa shape index (κ1) is 18.4. The number of benzene rings is 1. The van der Waals surface area contributed by atoms with Crippen molar-refractivity contribution in [1.29, 1.82) is 0 Å². The van der Waals surface area contributed by atoms with Gasteiger partial charge in [-0.05, 0) is 41.7 Å². The van der Waals surface area contributed by atoms with Crippen LogP contribution in [0.15, 0.2) is 24.3 Å². The third-order valence-electron chi connectivity index (χ3n) is 4.58. The van der Waals surface area contributed by atoms with Crippen LogP contribution in [0.2, 0.25) is 0 Å². The van der Waals surface area contributed by atoms with Crippen molar-refractivity contribution in [2.75, 3.05) is 19.6 Å². The fourth-order valence-electron chi connectivity index (χ4n) is 3.10. The summed E-state index contributed by atoms with van der Waals surface area (Å²) in [5.74, 6) is 0.573. The second-order valence-electron chi connectivity index (χ2n) is 7.50. The van der Waals surface area contributed by atoms with E-state index in [4.69, 9.17) is 0 Å². The minimum Gasteiger partial charge on any atom is -0.202 e. The van der Waals surface area contributed by atoms with E-state index in [1.807, 2.05) is 6.92 Å². The molecule has 0 spiro atoms. The lowest BCUT2D eigenvalue weighted by Gasteiger charge is -2.31. The number of hydrogen-bond acceptors (Lipinski definition) is 2. The van der Waals surface area contributed by atoms with Gasteiger partial charge in [0.05, 0.1) is 0 Å². The zero-order valence-corrected chi connectivity index (χ0v) is 15.6. The normalized spacial score (nSPS) is 18.3. The summed E-state index contributed by atoms with van der Waals surface area (Å²) in [6.07, 6.45) is 2.91. The van der Waals surface area contributed by atoms with Crippen LogP contribution in [0.3, 0.4) is 0 Å². The first-order chi connectivity index (χ1) is 10.7. The van der Waals surface area contributed by atoms with Gasteiger partial charge in [-0.15, -0.1) is 0 Å². The van der Waals surface area contributed by atoms with Gasteiger partial charge in [0.15, 0.2) is 0 Å². The van der Waals surface area contributed by atoms with Crippen molar-refractivity contribution in [2.45, 2.75) is 52.4 Å². The summed E-state index contributed by atoms with van der Waals surface area (Å²) in [5, 5.41) is 0. The smallest absolute Gasteiger partial charge is 0.202 e. The predicted octanol–water partition coefficient (Wildman–Crippen LogP) is 3.09. The van der Waals surface area contributed by atoms with Gasteiger partial charge < -0.3 is 0 Å². The van der Waals surface area contributed by atoms with E-state index in [-0.39, 0.29) is 5.41 Å². The van der Waals surface area contributed by atoms with Gasteiger partial charge in [-0.1, -0.05) is 52.0 Å². The zero-order chi connectivity index (χ0) is 17.1. The first-order valence-electron chi connectivity index (χ1n) is 8.56. The van der Waals surface area contributed by atoms with Crippen LogP contribution in [0, 0.1) is 5.92 Å². The van der Waals surface area contributed by atoms with Crippen LogP contribution in [0.1, 0.15) is 51.7 Å². The maximum Gasteiger partial charge on any atom is 0.279 e. The maximum absolute atomic E-state index is 12.0. The molecule has 0 amide bonds. The Labute approximate surface area is 141 Å². The zero-order valence-electron chi connectivity index (χ0n) is 14.8. The van der Waals surface area contributed by atoms with E-state index >= 15 is 0 Å². The third kappa shape index (κ3) is 5.03. The highest BCUT2D eigenvalue weighted by atomic mass is 32.2. The predicted molar refractivity (Wildman–Crippen MR) is 95.7 cm³/mol. The monoisotopic (exact) mass is 338 g/mol. The maximum atomic E-state index is 12.0. The van der Waals surface area contributed by atoms with Crippen molar-refractivity contribution in [1.82, 2.24) is 9.03 Å². The van der Waals surface area contributed by atoms with E-state index in [0.29, 0.717) is 25.6 Å². The summed E-state index contributed by atoms with van der Waals surface area (Å²) in [7, 11) is -3.27. The minimum atomic E-state index is -3.27. The molecule has 1 aliphatic heterocycles. The van der Waals surface area contributed by atoms with Crippen molar-refractivity contribution in [3.63, 3.8) is 0 Å². The van der Waals surface area contributed by atoms with E-state index in [0.717, 1.165) is 19.3 Å². The van der Waals surface area contributed by atoms with Crippen LogP contribution in [0.25, 0.3) is 0 Å². The Morgan fingerprint density at radius 3 is 2.17 bits per heavy atom. The van der Waals surface area contributed by atoms with Crippen LogP contribution >= 0.6 is 0 Å².